The zero-order chi connectivity index (χ0) is 15.3. The predicted molar refractivity (Wildman–Crippen MR) is 92.2 cm³/mol. The predicted octanol–water partition coefficient (Wildman–Crippen LogP) is 4.01. The van der Waals surface area contributed by atoms with Crippen LogP contribution in [0.15, 0.2) is 29.2 Å². The quantitative estimate of drug-likeness (QED) is 0.677. The zero-order valence-electron chi connectivity index (χ0n) is 12.6. The van der Waals surface area contributed by atoms with Gasteiger partial charge in [-0.2, -0.15) is 0 Å². The van der Waals surface area contributed by atoms with Crippen LogP contribution in [0.3, 0.4) is 0 Å². The number of rotatable bonds is 7. The Morgan fingerprint density at radius 3 is 2.33 bits per heavy atom. The second-order valence-electron chi connectivity index (χ2n) is 5.63. The number of hydrogen-bond donors (Lipinski definition) is 0. The van der Waals surface area contributed by atoms with Crippen molar-refractivity contribution >= 4 is 31.5 Å². The van der Waals surface area contributed by atoms with E-state index in [1.807, 2.05) is 19.1 Å². The Morgan fingerprint density at radius 2 is 1.81 bits per heavy atom. The number of halogens is 1. The van der Waals surface area contributed by atoms with Gasteiger partial charge in [0.2, 0.25) is 0 Å². The van der Waals surface area contributed by atoms with Gasteiger partial charge in [-0.05, 0) is 43.5 Å². The van der Waals surface area contributed by atoms with Gasteiger partial charge in [0.25, 0.3) is 0 Å². The third kappa shape index (κ3) is 4.22. The number of benzene rings is 1. The first-order chi connectivity index (χ1) is 10.1. The molecule has 0 unspecified atom stereocenters. The van der Waals surface area contributed by atoms with Gasteiger partial charge in [0.05, 0.1) is 10.6 Å². The molecule has 1 aromatic carbocycles. The highest BCUT2D eigenvalue weighted by atomic mass is 79.9. The van der Waals surface area contributed by atoms with Gasteiger partial charge in [-0.1, -0.05) is 35.7 Å². The maximum atomic E-state index is 12.1. The van der Waals surface area contributed by atoms with Crippen molar-refractivity contribution in [3.05, 3.63) is 24.3 Å². The lowest BCUT2D eigenvalue weighted by Crippen LogP contribution is -2.34. The maximum Gasteiger partial charge on any atom is 0.178 e. The summed E-state index contributed by atoms with van der Waals surface area (Å²) in [6, 6.07) is 8.04. The molecule has 0 atom stereocenters. The van der Waals surface area contributed by atoms with E-state index in [1.54, 1.807) is 12.1 Å². The lowest BCUT2D eigenvalue weighted by atomic mass is 10.2. The summed E-state index contributed by atoms with van der Waals surface area (Å²) in [7, 11) is -3.11. The SMILES string of the molecule is CCCS(=O)(=O)c1ccc(N(CCBr)C2CCCC2)cc1. The molecule has 1 aliphatic carbocycles. The van der Waals surface area contributed by atoms with E-state index in [2.05, 4.69) is 20.8 Å². The second-order valence-corrected chi connectivity index (χ2v) is 8.54. The molecule has 0 N–H and O–H groups in total. The first-order valence-corrected chi connectivity index (χ1v) is 10.5. The van der Waals surface area contributed by atoms with E-state index in [-0.39, 0.29) is 5.75 Å². The van der Waals surface area contributed by atoms with Crippen molar-refractivity contribution in [2.24, 2.45) is 0 Å². The average Bonchev–Trinajstić information content (AvgIpc) is 2.99. The molecule has 1 aromatic rings. The van der Waals surface area contributed by atoms with Gasteiger partial charge in [0.1, 0.15) is 0 Å². The van der Waals surface area contributed by atoms with Crippen LogP contribution in [0.2, 0.25) is 0 Å². The van der Waals surface area contributed by atoms with Crippen LogP contribution in [-0.2, 0) is 9.84 Å². The summed E-state index contributed by atoms with van der Waals surface area (Å²) < 4.78 is 24.1. The Hall–Kier alpha value is -0.550. The van der Waals surface area contributed by atoms with E-state index in [4.69, 9.17) is 0 Å². The van der Waals surface area contributed by atoms with Crippen LogP contribution < -0.4 is 4.90 Å². The van der Waals surface area contributed by atoms with Crippen molar-refractivity contribution in [3.8, 4) is 0 Å². The zero-order valence-corrected chi connectivity index (χ0v) is 15.0. The van der Waals surface area contributed by atoms with Crippen LogP contribution in [0.1, 0.15) is 39.0 Å². The van der Waals surface area contributed by atoms with Crippen molar-refractivity contribution in [2.45, 2.75) is 50.0 Å². The largest absolute Gasteiger partial charge is 0.368 e. The summed E-state index contributed by atoms with van der Waals surface area (Å²) in [6.07, 6.45) is 5.73. The normalized spacial score (nSPS) is 16.3. The van der Waals surface area contributed by atoms with Gasteiger partial charge in [-0.25, -0.2) is 8.42 Å². The average molecular weight is 374 g/mol. The lowest BCUT2D eigenvalue weighted by Gasteiger charge is -2.30. The molecule has 0 radical (unpaired) electrons. The highest BCUT2D eigenvalue weighted by Crippen LogP contribution is 2.29. The van der Waals surface area contributed by atoms with Crippen molar-refractivity contribution in [2.75, 3.05) is 22.5 Å². The van der Waals surface area contributed by atoms with E-state index in [1.165, 1.54) is 25.7 Å². The maximum absolute atomic E-state index is 12.1. The highest BCUT2D eigenvalue weighted by Gasteiger charge is 2.23. The summed E-state index contributed by atoms with van der Waals surface area (Å²) in [4.78, 5) is 2.86. The number of sulfone groups is 1. The van der Waals surface area contributed by atoms with Crippen LogP contribution in [0.4, 0.5) is 5.69 Å². The van der Waals surface area contributed by atoms with Gasteiger partial charge >= 0.3 is 0 Å². The summed E-state index contributed by atoms with van der Waals surface area (Å²) in [5, 5.41) is 0.930. The topological polar surface area (TPSA) is 37.4 Å². The molecule has 21 heavy (non-hydrogen) atoms. The van der Waals surface area contributed by atoms with E-state index in [9.17, 15) is 8.42 Å². The van der Waals surface area contributed by atoms with Crippen LogP contribution in [-0.4, -0.2) is 32.1 Å². The third-order valence-electron chi connectivity index (χ3n) is 4.09. The molecule has 5 heteroatoms. The number of nitrogens with zero attached hydrogens (tertiary/aromatic N) is 1. The molecule has 0 heterocycles. The second kappa shape index (κ2) is 7.63. The van der Waals surface area contributed by atoms with Gasteiger partial charge in [0, 0.05) is 23.6 Å². The Balaban J connectivity index is 2.19. The first kappa shape index (κ1) is 16.8. The monoisotopic (exact) mass is 373 g/mol. The highest BCUT2D eigenvalue weighted by molar-refractivity contribution is 9.09. The number of anilines is 1. The fraction of sp³-hybridized carbons (Fsp3) is 0.625. The minimum Gasteiger partial charge on any atom is -0.368 e. The fourth-order valence-electron chi connectivity index (χ4n) is 3.06. The minimum atomic E-state index is -3.11. The molecule has 0 aromatic heterocycles. The molecule has 3 nitrogen and oxygen atoms in total. The smallest absolute Gasteiger partial charge is 0.178 e. The first-order valence-electron chi connectivity index (χ1n) is 7.74. The Bertz CT molecular complexity index is 536. The van der Waals surface area contributed by atoms with E-state index >= 15 is 0 Å². The lowest BCUT2D eigenvalue weighted by molar-refractivity contribution is 0.594. The molecule has 1 saturated carbocycles. The summed E-state index contributed by atoms with van der Waals surface area (Å²) in [5.74, 6) is 0.222. The summed E-state index contributed by atoms with van der Waals surface area (Å²) in [6.45, 7) is 2.86. The van der Waals surface area contributed by atoms with Crippen molar-refractivity contribution in [1.82, 2.24) is 0 Å². The van der Waals surface area contributed by atoms with Crippen molar-refractivity contribution < 1.29 is 8.42 Å². The van der Waals surface area contributed by atoms with Gasteiger partial charge < -0.3 is 4.90 Å². The molecule has 2 rings (SSSR count). The fourth-order valence-corrected chi connectivity index (χ4v) is 4.77. The third-order valence-corrected chi connectivity index (χ3v) is 6.38. The Morgan fingerprint density at radius 1 is 1.19 bits per heavy atom. The van der Waals surface area contributed by atoms with Crippen LogP contribution in [0.25, 0.3) is 0 Å². The van der Waals surface area contributed by atoms with E-state index in [0.717, 1.165) is 17.6 Å². The standard InChI is InChI=1S/C16H24BrNO2S/c1-2-13-21(19,20)16-9-7-15(8-10-16)18(12-11-17)14-5-3-4-6-14/h7-10,14H,2-6,11-13H2,1H3. The molecule has 0 spiro atoms. The molecule has 1 aliphatic rings. The van der Waals surface area contributed by atoms with Crippen LogP contribution in [0, 0.1) is 0 Å². The van der Waals surface area contributed by atoms with Crippen LogP contribution >= 0.6 is 15.9 Å². The van der Waals surface area contributed by atoms with E-state index in [0.29, 0.717) is 17.4 Å². The van der Waals surface area contributed by atoms with Crippen molar-refractivity contribution in [1.29, 1.82) is 0 Å². The number of hydrogen-bond acceptors (Lipinski definition) is 3. The van der Waals surface area contributed by atoms with Crippen LogP contribution in [0.5, 0.6) is 0 Å². The molecule has 0 aliphatic heterocycles. The molecule has 0 bridgehead atoms. The molecule has 0 amide bonds. The summed E-state index contributed by atoms with van der Waals surface area (Å²) >= 11 is 3.52. The molecule has 1 fully saturated rings. The van der Waals surface area contributed by atoms with Gasteiger partial charge in [-0.15, -0.1) is 0 Å². The van der Waals surface area contributed by atoms with Crippen molar-refractivity contribution in [3.63, 3.8) is 0 Å². The van der Waals surface area contributed by atoms with Gasteiger partial charge in [-0.3, -0.25) is 0 Å². The molecule has 0 saturated heterocycles. The Kier molecular flexibility index (Phi) is 6.11. The number of alkyl halides is 1. The van der Waals surface area contributed by atoms with E-state index < -0.39 is 9.84 Å². The molecular weight excluding hydrogens is 350 g/mol. The summed E-state index contributed by atoms with van der Waals surface area (Å²) in [5.41, 5.74) is 1.14. The Labute approximate surface area is 136 Å². The molecule has 118 valence electrons. The molecular formula is C16H24BrNO2S. The minimum absolute atomic E-state index is 0.222. The van der Waals surface area contributed by atoms with Gasteiger partial charge in [0.15, 0.2) is 9.84 Å².